The number of carbonyl (C=O) groups excluding carboxylic acids is 2. The summed E-state index contributed by atoms with van der Waals surface area (Å²) >= 11 is 9.74. The molecule has 0 aliphatic heterocycles. The number of rotatable bonds is 11. The van der Waals surface area contributed by atoms with Gasteiger partial charge in [0.25, 0.3) is 10.0 Å². The number of hydrogen-bond donors (Lipinski definition) is 1. The normalized spacial score (nSPS) is 12.3. The van der Waals surface area contributed by atoms with Crippen LogP contribution in [0.2, 0.25) is 5.02 Å². The summed E-state index contributed by atoms with van der Waals surface area (Å²) in [6, 6.07) is 28.8. The van der Waals surface area contributed by atoms with Gasteiger partial charge in [-0.1, -0.05) is 93.8 Å². The maximum atomic E-state index is 14.5. The Hall–Kier alpha value is -3.66. The third-order valence-corrected chi connectivity index (χ3v) is 9.51. The number of aryl methyl sites for hydroxylation is 1. The van der Waals surface area contributed by atoms with Gasteiger partial charge in [0.1, 0.15) is 12.6 Å². The van der Waals surface area contributed by atoms with Crippen LogP contribution < -0.4 is 9.62 Å². The van der Waals surface area contributed by atoms with Crippen molar-refractivity contribution < 1.29 is 18.0 Å². The van der Waals surface area contributed by atoms with Crippen LogP contribution >= 0.6 is 27.5 Å². The molecule has 0 saturated heterocycles. The molecular weight excluding hydrogens is 674 g/mol. The highest BCUT2D eigenvalue weighted by atomic mass is 79.9. The van der Waals surface area contributed by atoms with Crippen LogP contribution in [0, 0.1) is 6.92 Å². The average Bonchev–Trinajstić information content (AvgIpc) is 2.97. The van der Waals surface area contributed by atoms with Crippen LogP contribution in [0.5, 0.6) is 0 Å². The first-order valence-corrected chi connectivity index (χ1v) is 17.1. The van der Waals surface area contributed by atoms with Crippen LogP contribution in [0.15, 0.2) is 112 Å². The lowest BCUT2D eigenvalue weighted by molar-refractivity contribution is -0.140. The standard InChI is InChI=1S/C35H37BrClN3O4S/c1-25-16-18-31(19-17-25)45(43,44)40(30-15-9-13-28(36)22-30)24-33(41)39(23-27-12-8-14-29(37)20-27)32(34(42)38-35(2,3)4)21-26-10-6-5-7-11-26/h5-20,22,32H,21,23-24H2,1-4H3,(H,38,42)/t32-/m1/s1. The molecule has 10 heteroatoms. The molecule has 0 radical (unpaired) electrons. The zero-order valence-electron chi connectivity index (χ0n) is 25.7. The molecule has 0 bridgehead atoms. The Balaban J connectivity index is 1.82. The molecule has 1 N–H and O–H groups in total. The number of amides is 2. The van der Waals surface area contributed by atoms with Gasteiger partial charge in [-0.3, -0.25) is 13.9 Å². The van der Waals surface area contributed by atoms with Crippen molar-refractivity contribution in [1.82, 2.24) is 10.2 Å². The first kappa shape index (κ1) is 34.2. The lowest BCUT2D eigenvalue weighted by Gasteiger charge is -2.35. The highest BCUT2D eigenvalue weighted by Gasteiger charge is 2.35. The molecule has 1 atom stereocenters. The van der Waals surface area contributed by atoms with Crippen molar-refractivity contribution in [2.24, 2.45) is 0 Å². The van der Waals surface area contributed by atoms with Crippen molar-refractivity contribution >= 4 is 55.1 Å². The van der Waals surface area contributed by atoms with E-state index in [1.807, 2.05) is 64.1 Å². The summed E-state index contributed by atoms with van der Waals surface area (Å²) in [7, 11) is -4.19. The summed E-state index contributed by atoms with van der Waals surface area (Å²) in [5, 5.41) is 3.51. The Labute approximate surface area is 279 Å². The molecule has 0 fully saturated rings. The maximum absolute atomic E-state index is 14.5. The fourth-order valence-corrected chi connectivity index (χ4v) is 6.84. The van der Waals surface area contributed by atoms with Gasteiger partial charge < -0.3 is 10.2 Å². The van der Waals surface area contributed by atoms with E-state index in [9.17, 15) is 18.0 Å². The summed E-state index contributed by atoms with van der Waals surface area (Å²) in [5.41, 5.74) is 2.19. The largest absolute Gasteiger partial charge is 0.350 e. The second-order valence-electron chi connectivity index (χ2n) is 11.9. The van der Waals surface area contributed by atoms with Crippen LogP contribution in [0.1, 0.15) is 37.5 Å². The summed E-state index contributed by atoms with van der Waals surface area (Å²) in [5.74, 6) is -0.896. The second kappa shape index (κ2) is 14.6. The number of benzene rings is 4. The Morgan fingerprint density at radius 1 is 0.867 bits per heavy atom. The quantitative estimate of drug-likeness (QED) is 0.179. The lowest BCUT2D eigenvalue weighted by Crippen LogP contribution is -2.56. The van der Waals surface area contributed by atoms with E-state index in [1.54, 1.807) is 54.6 Å². The van der Waals surface area contributed by atoms with Gasteiger partial charge in [0.15, 0.2) is 0 Å². The topological polar surface area (TPSA) is 86.8 Å². The maximum Gasteiger partial charge on any atom is 0.264 e. The van der Waals surface area contributed by atoms with Gasteiger partial charge in [-0.25, -0.2) is 8.42 Å². The Bertz CT molecular complexity index is 1740. The van der Waals surface area contributed by atoms with Crippen molar-refractivity contribution in [3.8, 4) is 0 Å². The molecule has 2 amide bonds. The average molecular weight is 711 g/mol. The second-order valence-corrected chi connectivity index (χ2v) is 15.1. The third kappa shape index (κ3) is 9.42. The minimum Gasteiger partial charge on any atom is -0.350 e. The first-order valence-electron chi connectivity index (χ1n) is 14.5. The van der Waals surface area contributed by atoms with E-state index in [1.165, 1.54) is 17.0 Å². The Morgan fingerprint density at radius 2 is 1.51 bits per heavy atom. The predicted molar refractivity (Wildman–Crippen MR) is 184 cm³/mol. The van der Waals surface area contributed by atoms with Crippen molar-refractivity contribution in [1.29, 1.82) is 0 Å². The van der Waals surface area contributed by atoms with E-state index < -0.39 is 34.1 Å². The third-order valence-electron chi connectivity index (χ3n) is 7.00. The van der Waals surface area contributed by atoms with Gasteiger partial charge in [-0.15, -0.1) is 0 Å². The number of halogens is 2. The molecular formula is C35H37BrClN3O4S. The van der Waals surface area contributed by atoms with Gasteiger partial charge in [-0.05, 0) is 81.3 Å². The molecule has 0 aliphatic carbocycles. The molecule has 0 unspecified atom stereocenters. The molecule has 4 rings (SSSR count). The zero-order chi connectivity index (χ0) is 32.8. The predicted octanol–water partition coefficient (Wildman–Crippen LogP) is 7.16. The van der Waals surface area contributed by atoms with E-state index in [-0.39, 0.29) is 23.8 Å². The molecule has 4 aromatic carbocycles. The van der Waals surface area contributed by atoms with Gasteiger partial charge >= 0.3 is 0 Å². The van der Waals surface area contributed by atoms with Gasteiger partial charge in [0.2, 0.25) is 11.8 Å². The summed E-state index contributed by atoms with van der Waals surface area (Å²) in [6.07, 6.45) is 0.219. The monoisotopic (exact) mass is 709 g/mol. The van der Waals surface area contributed by atoms with E-state index >= 15 is 0 Å². The molecule has 4 aromatic rings. The number of hydrogen-bond acceptors (Lipinski definition) is 4. The van der Waals surface area contributed by atoms with Gasteiger partial charge in [0, 0.05) is 28.0 Å². The number of nitrogens with one attached hydrogen (secondary N) is 1. The highest BCUT2D eigenvalue weighted by molar-refractivity contribution is 9.10. The fourth-order valence-electron chi connectivity index (χ4n) is 4.84. The molecule has 7 nitrogen and oxygen atoms in total. The first-order chi connectivity index (χ1) is 21.2. The van der Waals surface area contributed by atoms with Crippen LogP contribution in [-0.2, 0) is 32.6 Å². The van der Waals surface area contributed by atoms with Crippen molar-refractivity contribution in [3.63, 3.8) is 0 Å². The molecule has 0 aromatic heterocycles. The molecule has 0 saturated carbocycles. The van der Waals surface area contributed by atoms with Crippen molar-refractivity contribution in [3.05, 3.63) is 129 Å². The smallest absolute Gasteiger partial charge is 0.264 e. The molecule has 0 aliphatic rings. The molecule has 0 spiro atoms. The van der Waals surface area contributed by atoms with Gasteiger partial charge in [0.05, 0.1) is 10.6 Å². The van der Waals surface area contributed by atoms with Gasteiger partial charge in [-0.2, -0.15) is 0 Å². The number of carbonyl (C=O) groups is 2. The minimum absolute atomic E-state index is 0.0331. The lowest BCUT2D eigenvalue weighted by atomic mass is 10.0. The van der Waals surface area contributed by atoms with Crippen LogP contribution in [-0.4, -0.2) is 43.3 Å². The van der Waals surface area contributed by atoms with E-state index in [0.717, 1.165) is 15.4 Å². The Morgan fingerprint density at radius 3 is 2.13 bits per heavy atom. The number of nitrogens with zero attached hydrogens (tertiary/aromatic N) is 2. The van der Waals surface area contributed by atoms with E-state index in [4.69, 9.17) is 11.6 Å². The Kier molecular flexibility index (Phi) is 11.1. The van der Waals surface area contributed by atoms with Crippen molar-refractivity contribution in [2.45, 2.75) is 57.1 Å². The zero-order valence-corrected chi connectivity index (χ0v) is 28.9. The van der Waals surface area contributed by atoms with E-state index in [0.29, 0.717) is 20.7 Å². The van der Waals surface area contributed by atoms with Crippen LogP contribution in [0.25, 0.3) is 0 Å². The number of sulfonamides is 1. The molecule has 45 heavy (non-hydrogen) atoms. The summed E-state index contributed by atoms with van der Waals surface area (Å²) in [6.45, 7) is 6.98. The molecule has 236 valence electrons. The van der Waals surface area contributed by atoms with Crippen LogP contribution in [0.3, 0.4) is 0 Å². The SMILES string of the molecule is Cc1ccc(S(=O)(=O)N(CC(=O)N(Cc2cccc(Cl)c2)[C@H](Cc2ccccc2)C(=O)NC(C)(C)C)c2cccc(Br)c2)cc1. The van der Waals surface area contributed by atoms with Crippen molar-refractivity contribution in [2.75, 3.05) is 10.8 Å². The summed E-state index contributed by atoms with van der Waals surface area (Å²) in [4.78, 5) is 30.0. The minimum atomic E-state index is -4.19. The van der Waals surface area contributed by atoms with E-state index in [2.05, 4.69) is 21.2 Å². The fraction of sp³-hybridized carbons (Fsp3) is 0.257. The van der Waals surface area contributed by atoms with Crippen LogP contribution in [0.4, 0.5) is 5.69 Å². The molecule has 0 heterocycles. The number of anilines is 1. The summed E-state index contributed by atoms with van der Waals surface area (Å²) < 4.78 is 30.0. The highest BCUT2D eigenvalue weighted by Crippen LogP contribution is 2.28.